The summed E-state index contributed by atoms with van der Waals surface area (Å²) < 4.78 is 12.8. The molecule has 4 rings (SSSR count). The Labute approximate surface area is 187 Å². The summed E-state index contributed by atoms with van der Waals surface area (Å²) >= 11 is 4.82. The molecule has 3 nitrogen and oxygen atoms in total. The average Bonchev–Trinajstić information content (AvgIpc) is 2.76. The third-order valence-corrected chi connectivity index (χ3v) is 7.50. The largest absolute Gasteiger partial charge is 0.606 e. The van der Waals surface area contributed by atoms with Gasteiger partial charge >= 0.3 is 0 Å². The molecule has 1 atom stereocenters. The molecule has 3 aromatic rings. The second kappa shape index (κ2) is 9.44. The summed E-state index contributed by atoms with van der Waals surface area (Å²) in [4.78, 5) is 4.03. The molecule has 1 fully saturated rings. The molecule has 156 valence electrons. The van der Waals surface area contributed by atoms with Crippen LogP contribution in [0.2, 0.25) is 5.02 Å². The minimum Gasteiger partial charge on any atom is -0.606 e. The Bertz CT molecular complexity index is 1000. The van der Waals surface area contributed by atoms with Crippen molar-refractivity contribution in [2.75, 3.05) is 18.8 Å². The number of hydrogen-bond donors (Lipinski definition) is 1. The molecule has 0 radical (unpaired) electrons. The minimum atomic E-state index is -1.21. The predicted molar refractivity (Wildman–Crippen MR) is 125 cm³/mol. The second-order valence-corrected chi connectivity index (χ2v) is 9.95. The smallest absolute Gasteiger partial charge is 0.159 e. The average molecular weight is 439 g/mol. The number of nitrogen functional groups attached to an aromatic ring is 1. The van der Waals surface area contributed by atoms with Crippen LogP contribution in [0.5, 0.6) is 0 Å². The summed E-state index contributed by atoms with van der Waals surface area (Å²) in [5.41, 5.74) is 10.9. The lowest BCUT2D eigenvalue weighted by Gasteiger charge is -2.33. The van der Waals surface area contributed by atoms with Gasteiger partial charge in [0.15, 0.2) is 9.79 Å². The minimum absolute atomic E-state index is 0.590. The molecule has 1 aliphatic rings. The molecule has 0 amide bonds. The molecule has 30 heavy (non-hydrogen) atoms. The van der Waals surface area contributed by atoms with Gasteiger partial charge in [-0.1, -0.05) is 35.9 Å². The van der Waals surface area contributed by atoms with Crippen LogP contribution >= 0.6 is 11.6 Å². The molecular formula is C25H27ClN2OS. The van der Waals surface area contributed by atoms with Crippen molar-refractivity contribution in [3.63, 3.8) is 0 Å². The maximum atomic E-state index is 12.8. The van der Waals surface area contributed by atoms with Gasteiger partial charge in [0.1, 0.15) is 0 Å². The fourth-order valence-electron chi connectivity index (χ4n) is 4.20. The number of nitrogens with zero attached hydrogens (tertiary/aromatic N) is 1. The Morgan fingerprint density at radius 2 is 1.73 bits per heavy atom. The Morgan fingerprint density at radius 3 is 2.43 bits per heavy atom. The van der Waals surface area contributed by atoms with Crippen LogP contribution in [-0.2, 0) is 17.7 Å². The van der Waals surface area contributed by atoms with Crippen LogP contribution in [0.15, 0.2) is 76.5 Å². The topological polar surface area (TPSA) is 52.3 Å². The van der Waals surface area contributed by atoms with E-state index in [0.29, 0.717) is 10.9 Å². The Balaban J connectivity index is 1.35. The molecule has 0 aromatic heterocycles. The van der Waals surface area contributed by atoms with Gasteiger partial charge in [-0.05, 0) is 91.9 Å². The second-order valence-electron chi connectivity index (χ2n) is 8.04. The number of rotatable bonds is 5. The Kier molecular flexibility index (Phi) is 6.69. The number of benzene rings is 3. The van der Waals surface area contributed by atoms with Crippen LogP contribution in [0.1, 0.15) is 35.4 Å². The van der Waals surface area contributed by atoms with Crippen LogP contribution in [0, 0.1) is 6.92 Å². The normalized spacial score (nSPS) is 16.5. The molecule has 1 saturated heterocycles. The van der Waals surface area contributed by atoms with Crippen LogP contribution < -0.4 is 5.73 Å². The van der Waals surface area contributed by atoms with E-state index in [-0.39, 0.29) is 0 Å². The van der Waals surface area contributed by atoms with Gasteiger partial charge in [-0.25, -0.2) is 0 Å². The number of hydrogen-bond acceptors (Lipinski definition) is 3. The lowest BCUT2D eigenvalue weighted by molar-refractivity contribution is 0.204. The summed E-state index contributed by atoms with van der Waals surface area (Å²) in [5.74, 6) is 0.590. The van der Waals surface area contributed by atoms with Gasteiger partial charge in [0.05, 0.1) is 0 Å². The zero-order valence-electron chi connectivity index (χ0n) is 17.2. The summed E-state index contributed by atoms with van der Waals surface area (Å²) in [5, 5.41) is 0.606. The number of nitrogens with two attached hydrogens (primary N) is 1. The number of piperidine rings is 1. The lowest BCUT2D eigenvalue weighted by Crippen LogP contribution is -2.32. The first-order valence-electron chi connectivity index (χ1n) is 10.3. The van der Waals surface area contributed by atoms with Crippen molar-refractivity contribution in [2.24, 2.45) is 0 Å². The van der Waals surface area contributed by atoms with E-state index in [9.17, 15) is 4.55 Å². The highest BCUT2D eigenvalue weighted by Crippen LogP contribution is 2.32. The van der Waals surface area contributed by atoms with E-state index in [1.807, 2.05) is 30.3 Å². The van der Waals surface area contributed by atoms with Gasteiger partial charge in [-0.15, -0.1) is 0 Å². The van der Waals surface area contributed by atoms with Crippen molar-refractivity contribution in [2.45, 2.75) is 42.0 Å². The van der Waals surface area contributed by atoms with Gasteiger partial charge in [0.2, 0.25) is 0 Å². The van der Waals surface area contributed by atoms with Gasteiger partial charge in [0, 0.05) is 34.5 Å². The zero-order valence-corrected chi connectivity index (χ0v) is 18.8. The van der Waals surface area contributed by atoms with E-state index in [1.165, 1.54) is 16.7 Å². The van der Waals surface area contributed by atoms with Crippen molar-refractivity contribution >= 4 is 28.5 Å². The van der Waals surface area contributed by atoms with E-state index in [2.05, 4.69) is 36.1 Å². The molecule has 0 saturated carbocycles. The first-order valence-corrected chi connectivity index (χ1v) is 11.9. The summed E-state index contributed by atoms with van der Waals surface area (Å²) in [6.45, 7) is 5.26. The fraction of sp³-hybridized carbons (Fsp3) is 0.280. The molecular weight excluding hydrogens is 412 g/mol. The van der Waals surface area contributed by atoms with E-state index < -0.39 is 11.2 Å². The lowest BCUT2D eigenvalue weighted by atomic mass is 9.86. The zero-order chi connectivity index (χ0) is 21.1. The summed E-state index contributed by atoms with van der Waals surface area (Å²) in [7, 11) is 0. The predicted octanol–water partition coefficient (Wildman–Crippen LogP) is 5.78. The first kappa shape index (κ1) is 21.3. The Morgan fingerprint density at radius 1 is 1.00 bits per heavy atom. The molecule has 0 bridgehead atoms. The number of halogens is 1. The van der Waals surface area contributed by atoms with E-state index in [1.54, 1.807) is 12.1 Å². The molecule has 1 unspecified atom stereocenters. The van der Waals surface area contributed by atoms with Crippen LogP contribution in [0.25, 0.3) is 0 Å². The van der Waals surface area contributed by atoms with E-state index >= 15 is 0 Å². The Hall–Kier alpha value is -1.98. The fourth-order valence-corrected chi connectivity index (χ4v) is 5.54. The van der Waals surface area contributed by atoms with Crippen molar-refractivity contribution in [1.29, 1.82) is 0 Å². The highest BCUT2D eigenvalue weighted by atomic mass is 35.5. The van der Waals surface area contributed by atoms with Crippen LogP contribution in [0.3, 0.4) is 0 Å². The maximum absolute atomic E-state index is 12.8. The number of aryl methyl sites for hydroxylation is 1. The summed E-state index contributed by atoms with van der Waals surface area (Å²) in [6, 6.07) is 21.6. The van der Waals surface area contributed by atoms with E-state index in [0.717, 1.165) is 48.0 Å². The van der Waals surface area contributed by atoms with Gasteiger partial charge in [-0.2, -0.15) is 0 Å². The SMILES string of the molecule is Cc1ccc(N)cc1C1CCN(Cc2ccc([S+]([O-])c3cccc(Cl)c3)cc2)CC1. The van der Waals surface area contributed by atoms with Crippen LogP contribution in [-0.4, -0.2) is 22.5 Å². The van der Waals surface area contributed by atoms with Crippen molar-refractivity contribution in [3.05, 3.63) is 88.4 Å². The monoisotopic (exact) mass is 438 g/mol. The third kappa shape index (κ3) is 5.01. The quantitative estimate of drug-likeness (QED) is 0.406. The molecule has 0 spiro atoms. The third-order valence-electron chi connectivity index (χ3n) is 5.88. The molecule has 2 N–H and O–H groups in total. The number of likely N-dealkylation sites (tertiary alicyclic amines) is 1. The van der Waals surface area contributed by atoms with E-state index in [4.69, 9.17) is 17.3 Å². The maximum Gasteiger partial charge on any atom is 0.159 e. The standard InChI is InChI=1S/C25H27ClN2OS/c1-18-5-8-22(27)16-25(18)20-11-13-28(14-12-20)17-19-6-9-23(10-7-19)30(29)24-4-2-3-21(26)15-24/h2-10,15-16,20H,11-14,17,27H2,1H3. The first-order chi connectivity index (χ1) is 14.5. The molecule has 5 heteroatoms. The van der Waals surface area contributed by atoms with Gasteiger partial charge in [-0.3, -0.25) is 4.90 Å². The van der Waals surface area contributed by atoms with Gasteiger partial charge in [0.25, 0.3) is 0 Å². The number of anilines is 1. The molecule has 1 aliphatic heterocycles. The molecule has 3 aromatic carbocycles. The highest BCUT2D eigenvalue weighted by Gasteiger charge is 2.22. The van der Waals surface area contributed by atoms with Crippen LogP contribution in [0.4, 0.5) is 5.69 Å². The van der Waals surface area contributed by atoms with Crippen molar-refractivity contribution in [1.82, 2.24) is 4.90 Å². The highest BCUT2D eigenvalue weighted by molar-refractivity contribution is 7.91. The van der Waals surface area contributed by atoms with Crippen molar-refractivity contribution < 1.29 is 4.55 Å². The van der Waals surface area contributed by atoms with Gasteiger partial charge < -0.3 is 10.3 Å². The summed E-state index contributed by atoms with van der Waals surface area (Å²) in [6.07, 6.45) is 2.31. The van der Waals surface area contributed by atoms with Crippen molar-refractivity contribution in [3.8, 4) is 0 Å². The molecule has 1 heterocycles. The molecule has 0 aliphatic carbocycles.